The van der Waals surface area contributed by atoms with Gasteiger partial charge in [-0.1, -0.05) is 6.07 Å². The molecular formula is C13H18F2IN3O2. The summed E-state index contributed by atoms with van der Waals surface area (Å²) in [7, 11) is 3.35. The first kappa shape index (κ1) is 17.7. The van der Waals surface area contributed by atoms with Crippen LogP contribution in [0.1, 0.15) is 5.56 Å². The van der Waals surface area contributed by atoms with Crippen molar-refractivity contribution in [1.29, 1.82) is 0 Å². The summed E-state index contributed by atoms with van der Waals surface area (Å²) < 4.78 is 34.1. The van der Waals surface area contributed by atoms with Crippen LogP contribution in [0.25, 0.3) is 0 Å². The van der Waals surface area contributed by atoms with Crippen LogP contribution in [0.3, 0.4) is 0 Å². The number of alkyl halides is 2. The molecule has 21 heavy (non-hydrogen) atoms. The highest BCUT2D eigenvalue weighted by molar-refractivity contribution is 14.0. The Balaban J connectivity index is 0.00000220. The van der Waals surface area contributed by atoms with Crippen molar-refractivity contribution < 1.29 is 18.3 Å². The summed E-state index contributed by atoms with van der Waals surface area (Å²) in [6, 6.07) is 4.93. The SMILES string of the molecule is COc1ccc(CNC2=NCCN2C)cc1OC(F)F.I. The molecule has 0 unspecified atom stereocenters. The van der Waals surface area contributed by atoms with E-state index in [0.717, 1.165) is 24.6 Å². The molecule has 1 aromatic carbocycles. The van der Waals surface area contributed by atoms with Gasteiger partial charge in [0.2, 0.25) is 0 Å². The van der Waals surface area contributed by atoms with Gasteiger partial charge < -0.3 is 19.7 Å². The monoisotopic (exact) mass is 413 g/mol. The lowest BCUT2D eigenvalue weighted by Gasteiger charge is -2.16. The van der Waals surface area contributed by atoms with Crippen LogP contribution in [0, 0.1) is 0 Å². The third-order valence-electron chi connectivity index (χ3n) is 2.95. The van der Waals surface area contributed by atoms with Crippen LogP contribution in [0.4, 0.5) is 8.78 Å². The Labute approximate surface area is 139 Å². The predicted octanol–water partition coefficient (Wildman–Crippen LogP) is 2.31. The molecule has 2 rings (SSSR count). The van der Waals surface area contributed by atoms with Crippen molar-refractivity contribution in [2.24, 2.45) is 4.99 Å². The Bertz CT molecular complexity index is 500. The van der Waals surface area contributed by atoms with Crippen molar-refractivity contribution in [1.82, 2.24) is 10.2 Å². The molecule has 1 aliphatic heterocycles. The average molecular weight is 413 g/mol. The molecule has 0 amide bonds. The van der Waals surface area contributed by atoms with Gasteiger partial charge in [-0.25, -0.2) is 0 Å². The minimum atomic E-state index is -2.88. The van der Waals surface area contributed by atoms with Gasteiger partial charge in [-0.2, -0.15) is 8.78 Å². The highest BCUT2D eigenvalue weighted by atomic mass is 127. The maximum absolute atomic E-state index is 12.3. The van der Waals surface area contributed by atoms with Crippen LogP contribution in [-0.2, 0) is 6.54 Å². The summed E-state index contributed by atoms with van der Waals surface area (Å²) in [6.45, 7) is -0.754. The topological polar surface area (TPSA) is 46.1 Å². The Morgan fingerprint density at radius 2 is 2.14 bits per heavy atom. The number of hydrogen-bond donors (Lipinski definition) is 1. The molecule has 0 spiro atoms. The zero-order valence-electron chi connectivity index (χ0n) is 11.8. The summed E-state index contributed by atoms with van der Waals surface area (Å²) >= 11 is 0. The molecule has 0 saturated carbocycles. The summed E-state index contributed by atoms with van der Waals surface area (Å²) in [4.78, 5) is 6.29. The second-order valence-corrected chi connectivity index (χ2v) is 4.34. The summed E-state index contributed by atoms with van der Waals surface area (Å²) in [5.41, 5.74) is 0.810. The molecule has 1 aliphatic rings. The van der Waals surface area contributed by atoms with Gasteiger partial charge >= 0.3 is 6.61 Å². The Hall–Kier alpha value is -1.32. The quantitative estimate of drug-likeness (QED) is 0.753. The normalized spacial score (nSPS) is 13.8. The highest BCUT2D eigenvalue weighted by Crippen LogP contribution is 2.29. The zero-order valence-corrected chi connectivity index (χ0v) is 14.1. The first-order valence-corrected chi connectivity index (χ1v) is 6.21. The first-order valence-electron chi connectivity index (χ1n) is 6.21. The molecule has 0 bridgehead atoms. The van der Waals surface area contributed by atoms with Gasteiger partial charge in [-0.3, -0.25) is 4.99 Å². The summed E-state index contributed by atoms with van der Waals surface area (Å²) in [5.74, 6) is 1.12. The smallest absolute Gasteiger partial charge is 0.387 e. The number of nitrogens with one attached hydrogen (secondary N) is 1. The molecule has 1 aromatic rings. The third kappa shape index (κ3) is 4.87. The number of likely N-dealkylation sites (N-methyl/N-ethyl adjacent to an activating group) is 1. The lowest BCUT2D eigenvalue weighted by Crippen LogP contribution is -2.35. The van der Waals surface area contributed by atoms with E-state index in [1.807, 2.05) is 11.9 Å². The Morgan fingerprint density at radius 3 is 2.71 bits per heavy atom. The van der Waals surface area contributed by atoms with Crippen molar-refractivity contribution in [3.8, 4) is 11.5 Å². The summed E-state index contributed by atoms with van der Waals surface area (Å²) in [5, 5.41) is 3.16. The number of methoxy groups -OCH3 is 1. The van der Waals surface area contributed by atoms with E-state index in [2.05, 4.69) is 15.0 Å². The van der Waals surface area contributed by atoms with Gasteiger partial charge in [0, 0.05) is 20.1 Å². The van der Waals surface area contributed by atoms with E-state index >= 15 is 0 Å². The third-order valence-corrected chi connectivity index (χ3v) is 2.95. The van der Waals surface area contributed by atoms with E-state index in [1.54, 1.807) is 12.1 Å². The van der Waals surface area contributed by atoms with Gasteiger partial charge in [0.05, 0.1) is 13.7 Å². The van der Waals surface area contributed by atoms with Crippen molar-refractivity contribution in [2.45, 2.75) is 13.2 Å². The van der Waals surface area contributed by atoms with E-state index < -0.39 is 6.61 Å². The Morgan fingerprint density at radius 1 is 1.38 bits per heavy atom. The van der Waals surface area contributed by atoms with Crippen LogP contribution in [0.2, 0.25) is 0 Å². The van der Waals surface area contributed by atoms with Crippen LogP contribution in [-0.4, -0.2) is 44.7 Å². The Kier molecular flexibility index (Phi) is 6.93. The van der Waals surface area contributed by atoms with Crippen molar-refractivity contribution >= 4 is 29.9 Å². The van der Waals surface area contributed by atoms with Crippen LogP contribution in [0.5, 0.6) is 11.5 Å². The minimum Gasteiger partial charge on any atom is -0.493 e. The van der Waals surface area contributed by atoms with Gasteiger partial charge in [-0.15, -0.1) is 24.0 Å². The second-order valence-electron chi connectivity index (χ2n) is 4.34. The number of guanidine groups is 1. The molecule has 0 aliphatic carbocycles. The molecule has 0 atom stereocenters. The number of rotatable bonds is 5. The largest absolute Gasteiger partial charge is 0.493 e. The fraction of sp³-hybridized carbons (Fsp3) is 0.462. The second kappa shape index (κ2) is 8.20. The van der Waals surface area contributed by atoms with E-state index in [-0.39, 0.29) is 35.5 Å². The standard InChI is InChI=1S/C13H17F2N3O2.HI/c1-18-6-5-16-13(18)17-8-9-3-4-10(19-2)11(7-9)20-12(14)15;/h3-4,7,12H,5-6,8H2,1-2H3,(H,16,17);1H. The van der Waals surface area contributed by atoms with Gasteiger partial charge in [-0.05, 0) is 17.7 Å². The molecule has 5 nitrogen and oxygen atoms in total. The predicted molar refractivity (Wildman–Crippen MR) is 86.8 cm³/mol. The highest BCUT2D eigenvalue weighted by Gasteiger charge is 2.13. The van der Waals surface area contributed by atoms with Crippen molar-refractivity contribution in [3.63, 3.8) is 0 Å². The van der Waals surface area contributed by atoms with Gasteiger partial charge in [0.15, 0.2) is 17.5 Å². The molecular weight excluding hydrogens is 395 g/mol. The minimum absolute atomic E-state index is 0. The number of halogens is 3. The maximum Gasteiger partial charge on any atom is 0.387 e. The van der Waals surface area contributed by atoms with Crippen LogP contribution >= 0.6 is 24.0 Å². The molecule has 8 heteroatoms. The fourth-order valence-electron chi connectivity index (χ4n) is 1.92. The van der Waals surface area contributed by atoms with E-state index in [9.17, 15) is 8.78 Å². The van der Waals surface area contributed by atoms with Crippen LogP contribution < -0.4 is 14.8 Å². The van der Waals surface area contributed by atoms with Crippen molar-refractivity contribution in [2.75, 3.05) is 27.2 Å². The molecule has 0 saturated heterocycles. The molecule has 0 radical (unpaired) electrons. The van der Waals surface area contributed by atoms with Crippen LogP contribution in [0.15, 0.2) is 23.2 Å². The lowest BCUT2D eigenvalue weighted by molar-refractivity contribution is -0.0512. The van der Waals surface area contributed by atoms with Crippen molar-refractivity contribution in [3.05, 3.63) is 23.8 Å². The molecule has 1 heterocycles. The van der Waals surface area contributed by atoms with Gasteiger partial charge in [0.1, 0.15) is 0 Å². The summed E-state index contributed by atoms with van der Waals surface area (Å²) in [6.07, 6.45) is 0. The van der Waals surface area contributed by atoms with E-state index in [1.165, 1.54) is 13.2 Å². The molecule has 0 aromatic heterocycles. The maximum atomic E-state index is 12.3. The number of nitrogens with zero attached hydrogens (tertiary/aromatic N) is 2. The number of hydrogen-bond acceptors (Lipinski definition) is 5. The average Bonchev–Trinajstić information content (AvgIpc) is 2.81. The van der Waals surface area contributed by atoms with E-state index in [4.69, 9.17) is 4.74 Å². The lowest BCUT2D eigenvalue weighted by atomic mass is 10.2. The molecule has 0 fully saturated rings. The first-order chi connectivity index (χ1) is 9.60. The zero-order chi connectivity index (χ0) is 14.5. The fourth-order valence-corrected chi connectivity index (χ4v) is 1.92. The molecule has 1 N–H and O–H groups in total. The number of aliphatic imine (C=N–C) groups is 1. The molecule has 118 valence electrons. The van der Waals surface area contributed by atoms with Gasteiger partial charge in [0.25, 0.3) is 0 Å². The number of benzene rings is 1. The number of ether oxygens (including phenoxy) is 2. The van der Waals surface area contributed by atoms with E-state index in [0.29, 0.717) is 6.54 Å².